The molecule has 122 valence electrons. The molecule has 0 aromatic carbocycles. The molecule has 1 aromatic rings. The molecule has 0 radical (unpaired) electrons. The molecule has 0 saturated heterocycles. The fourth-order valence-corrected chi connectivity index (χ4v) is 4.15. The van der Waals surface area contributed by atoms with E-state index >= 15 is 0 Å². The first-order chi connectivity index (χ1) is 9.90. The van der Waals surface area contributed by atoms with Crippen LogP contribution in [0.5, 0.6) is 0 Å². The lowest BCUT2D eigenvalue weighted by atomic mass is 10.4. The van der Waals surface area contributed by atoms with Crippen LogP contribution in [-0.2, 0) is 16.6 Å². The maximum Gasteiger partial charge on any atom is 0.244 e. The van der Waals surface area contributed by atoms with Crippen LogP contribution in [-0.4, -0.2) is 32.5 Å². The Morgan fingerprint density at radius 1 is 1.38 bits per heavy atom. The zero-order valence-electron chi connectivity index (χ0n) is 13.2. The largest absolute Gasteiger partial charge is 0.464 e. The molecule has 21 heavy (non-hydrogen) atoms. The Morgan fingerprint density at radius 2 is 2.10 bits per heavy atom. The molecule has 0 saturated carbocycles. The Hall–Kier alpha value is -0.500. The smallest absolute Gasteiger partial charge is 0.244 e. The van der Waals surface area contributed by atoms with Gasteiger partial charge < -0.3 is 9.73 Å². The van der Waals surface area contributed by atoms with E-state index in [4.69, 9.17) is 4.42 Å². The molecule has 0 bridgehead atoms. The molecule has 1 rings (SSSR count). The summed E-state index contributed by atoms with van der Waals surface area (Å²) in [5, 5.41) is 3.20. The molecule has 0 aliphatic carbocycles. The number of sulfonamides is 1. The molecule has 7 heteroatoms. The predicted molar refractivity (Wildman–Crippen MR) is 88.2 cm³/mol. The average Bonchev–Trinajstić information content (AvgIpc) is 2.78. The van der Waals surface area contributed by atoms with E-state index in [9.17, 15) is 8.42 Å². The van der Waals surface area contributed by atoms with Gasteiger partial charge in [-0.25, -0.2) is 13.1 Å². The summed E-state index contributed by atoms with van der Waals surface area (Å²) in [6.07, 6.45) is 1.03. The van der Waals surface area contributed by atoms with Crippen LogP contribution in [0.1, 0.15) is 38.7 Å². The van der Waals surface area contributed by atoms with E-state index in [1.807, 2.05) is 6.92 Å². The maximum atomic E-state index is 12.4. The van der Waals surface area contributed by atoms with Crippen molar-refractivity contribution >= 4 is 21.8 Å². The van der Waals surface area contributed by atoms with Crippen LogP contribution >= 0.6 is 11.8 Å². The van der Waals surface area contributed by atoms with Crippen molar-refractivity contribution in [3.63, 3.8) is 0 Å². The normalized spacial score (nSPS) is 13.5. The van der Waals surface area contributed by atoms with Crippen molar-refractivity contribution < 1.29 is 12.8 Å². The van der Waals surface area contributed by atoms with Gasteiger partial charge in [-0.05, 0) is 32.6 Å². The third kappa shape index (κ3) is 6.02. The van der Waals surface area contributed by atoms with Gasteiger partial charge >= 0.3 is 0 Å². The van der Waals surface area contributed by atoms with E-state index in [0.29, 0.717) is 18.1 Å². The van der Waals surface area contributed by atoms with E-state index in [1.165, 1.54) is 0 Å². The van der Waals surface area contributed by atoms with Crippen LogP contribution in [0.4, 0.5) is 0 Å². The Morgan fingerprint density at radius 3 is 2.71 bits per heavy atom. The fraction of sp³-hybridized carbons (Fsp3) is 0.714. The summed E-state index contributed by atoms with van der Waals surface area (Å²) in [5.41, 5.74) is 0. The molecule has 1 heterocycles. The lowest BCUT2D eigenvalue weighted by Gasteiger charge is -2.12. The van der Waals surface area contributed by atoms with Crippen LogP contribution in [0.25, 0.3) is 0 Å². The van der Waals surface area contributed by atoms with Gasteiger partial charge in [0.2, 0.25) is 10.0 Å². The first-order valence-corrected chi connectivity index (χ1v) is 9.94. The number of aryl methyl sites for hydroxylation is 1. The van der Waals surface area contributed by atoms with E-state index in [-0.39, 0.29) is 10.9 Å². The highest BCUT2D eigenvalue weighted by Crippen LogP contribution is 2.20. The summed E-state index contributed by atoms with van der Waals surface area (Å²) < 4.78 is 33.0. The van der Waals surface area contributed by atoms with Gasteiger partial charge in [-0.15, -0.1) is 0 Å². The summed E-state index contributed by atoms with van der Waals surface area (Å²) in [4.78, 5) is 0.240. The Labute approximate surface area is 132 Å². The standard InChI is InChI=1S/C14H26N2O3S2/c1-5-7-15-9-13-8-14(12(4)19-13)21(17,18)16-11(3)10-20-6-2/h8,11,15-16H,5-7,9-10H2,1-4H3. The summed E-state index contributed by atoms with van der Waals surface area (Å²) in [5.74, 6) is 2.82. The second kappa shape index (κ2) is 8.82. The molecular weight excluding hydrogens is 308 g/mol. The second-order valence-electron chi connectivity index (χ2n) is 4.99. The van der Waals surface area contributed by atoms with Crippen molar-refractivity contribution in [2.75, 3.05) is 18.1 Å². The maximum absolute atomic E-state index is 12.4. The molecule has 1 unspecified atom stereocenters. The molecule has 0 aliphatic rings. The van der Waals surface area contributed by atoms with E-state index in [1.54, 1.807) is 24.8 Å². The first kappa shape index (κ1) is 18.5. The minimum absolute atomic E-state index is 0.101. The molecular formula is C14H26N2O3S2. The van der Waals surface area contributed by atoms with Crippen LogP contribution < -0.4 is 10.0 Å². The summed E-state index contributed by atoms with van der Waals surface area (Å²) >= 11 is 1.71. The van der Waals surface area contributed by atoms with E-state index < -0.39 is 10.0 Å². The van der Waals surface area contributed by atoms with Gasteiger partial charge in [0, 0.05) is 17.9 Å². The summed E-state index contributed by atoms with van der Waals surface area (Å²) in [6, 6.07) is 1.51. The summed E-state index contributed by atoms with van der Waals surface area (Å²) in [6.45, 7) is 9.12. The lowest BCUT2D eigenvalue weighted by Crippen LogP contribution is -2.34. The Balaban J connectivity index is 2.74. The van der Waals surface area contributed by atoms with Crippen molar-refractivity contribution in [1.29, 1.82) is 0 Å². The second-order valence-corrected chi connectivity index (χ2v) is 7.99. The minimum atomic E-state index is -3.52. The number of thioether (sulfide) groups is 1. The predicted octanol–water partition coefficient (Wildman–Crippen LogP) is 2.51. The summed E-state index contributed by atoms with van der Waals surface area (Å²) in [7, 11) is -3.52. The zero-order chi connectivity index (χ0) is 15.9. The van der Waals surface area contributed by atoms with E-state index in [0.717, 1.165) is 24.5 Å². The molecule has 5 nitrogen and oxygen atoms in total. The lowest BCUT2D eigenvalue weighted by molar-refractivity contribution is 0.457. The number of hydrogen-bond acceptors (Lipinski definition) is 5. The molecule has 2 N–H and O–H groups in total. The van der Waals surface area contributed by atoms with E-state index in [2.05, 4.69) is 23.9 Å². The monoisotopic (exact) mass is 334 g/mol. The van der Waals surface area contributed by atoms with Crippen LogP contribution in [0.2, 0.25) is 0 Å². The average molecular weight is 335 g/mol. The first-order valence-electron chi connectivity index (χ1n) is 7.30. The number of furan rings is 1. The van der Waals surface area contributed by atoms with Gasteiger partial charge in [-0.3, -0.25) is 0 Å². The van der Waals surface area contributed by atoms with Gasteiger partial charge in [-0.2, -0.15) is 11.8 Å². The van der Waals surface area contributed by atoms with Crippen LogP contribution in [0, 0.1) is 6.92 Å². The Bertz CT molecular complexity index is 526. The highest BCUT2D eigenvalue weighted by atomic mass is 32.2. The zero-order valence-corrected chi connectivity index (χ0v) is 14.9. The van der Waals surface area contributed by atoms with Gasteiger partial charge in [0.15, 0.2) is 0 Å². The van der Waals surface area contributed by atoms with Crippen molar-refractivity contribution in [2.24, 2.45) is 0 Å². The number of rotatable bonds is 10. The molecule has 1 aromatic heterocycles. The van der Waals surface area contributed by atoms with Crippen molar-refractivity contribution in [3.8, 4) is 0 Å². The number of hydrogen-bond donors (Lipinski definition) is 2. The highest BCUT2D eigenvalue weighted by molar-refractivity contribution is 7.99. The Kier molecular flexibility index (Phi) is 7.79. The van der Waals surface area contributed by atoms with Crippen LogP contribution in [0.15, 0.2) is 15.4 Å². The molecule has 0 fully saturated rings. The molecule has 0 amide bonds. The third-order valence-electron chi connectivity index (χ3n) is 2.87. The van der Waals surface area contributed by atoms with Gasteiger partial charge in [0.1, 0.15) is 16.4 Å². The SMILES string of the molecule is CCCNCc1cc(S(=O)(=O)NC(C)CSCC)c(C)o1. The highest BCUT2D eigenvalue weighted by Gasteiger charge is 2.23. The number of nitrogens with one attached hydrogen (secondary N) is 2. The molecule has 1 atom stereocenters. The topological polar surface area (TPSA) is 71.3 Å². The van der Waals surface area contributed by atoms with Crippen molar-refractivity contribution in [1.82, 2.24) is 10.0 Å². The fourth-order valence-electron chi connectivity index (χ4n) is 1.92. The minimum Gasteiger partial charge on any atom is -0.464 e. The van der Waals surface area contributed by atoms with Crippen molar-refractivity contribution in [2.45, 2.75) is 51.6 Å². The van der Waals surface area contributed by atoms with Gasteiger partial charge in [0.25, 0.3) is 0 Å². The quantitative estimate of drug-likeness (QED) is 0.643. The van der Waals surface area contributed by atoms with Gasteiger partial charge in [0.05, 0.1) is 6.54 Å². The van der Waals surface area contributed by atoms with Crippen molar-refractivity contribution in [3.05, 3.63) is 17.6 Å². The van der Waals surface area contributed by atoms with Gasteiger partial charge in [-0.1, -0.05) is 13.8 Å². The molecule has 0 spiro atoms. The van der Waals surface area contributed by atoms with Crippen LogP contribution in [0.3, 0.4) is 0 Å². The third-order valence-corrected chi connectivity index (χ3v) is 5.71. The molecule has 0 aliphatic heterocycles.